The number of non-ortho nitro benzene ring substituents is 1. The predicted molar refractivity (Wildman–Crippen MR) is 155 cm³/mol. The third kappa shape index (κ3) is 9.80. The minimum absolute atomic E-state index is 0. The maximum atomic E-state index is 13.3. The summed E-state index contributed by atoms with van der Waals surface area (Å²) in [6.07, 6.45) is 9.47. The number of hydrogen-bond donors (Lipinski definition) is 2. The second kappa shape index (κ2) is 15.7. The molecule has 2 fully saturated rings. The highest BCUT2D eigenvalue weighted by molar-refractivity contribution is 7.99. The minimum Gasteiger partial charge on any atom is -0.374 e. The zero-order valence-electron chi connectivity index (χ0n) is 21.4. The standard InChI is InChI=1S/C26H40N4O3S2.ClH/c1-19(2)14-15-29-18-35-17-24(29)25(31)28-23(13-10-20-6-4-3-5-7-20)26(34)27-16-21-8-11-22(12-9-21)30(32)33;/h8-9,11-12,19-20,23-24H,3-7,10,13-18H2,1-2H3,(H,27,34)(H,28,31);1H/t23-,24+;/m1./s1. The van der Waals surface area contributed by atoms with Crippen molar-refractivity contribution in [3.63, 3.8) is 0 Å². The van der Waals surface area contributed by atoms with Gasteiger partial charge in [0.05, 0.1) is 22.0 Å². The Morgan fingerprint density at radius 1 is 1.19 bits per heavy atom. The number of thioether (sulfide) groups is 1. The first kappa shape index (κ1) is 30.8. The number of nitrogens with one attached hydrogen (secondary N) is 2. The largest absolute Gasteiger partial charge is 0.374 e. The molecule has 0 radical (unpaired) electrons. The van der Waals surface area contributed by atoms with Gasteiger partial charge in [-0.25, -0.2) is 0 Å². The molecule has 0 unspecified atom stereocenters. The molecule has 2 atom stereocenters. The highest BCUT2D eigenvalue weighted by Crippen LogP contribution is 2.28. The molecule has 1 amide bonds. The van der Waals surface area contributed by atoms with Crippen LogP contribution in [0.2, 0.25) is 0 Å². The summed E-state index contributed by atoms with van der Waals surface area (Å²) in [5.41, 5.74) is 0.993. The maximum absolute atomic E-state index is 13.3. The Hall–Kier alpha value is -1.42. The Balaban J connectivity index is 0.00000456. The highest BCUT2D eigenvalue weighted by Gasteiger charge is 2.33. The first-order valence-electron chi connectivity index (χ1n) is 13.0. The molecule has 1 aliphatic heterocycles. The number of nitrogens with zero attached hydrogens (tertiary/aromatic N) is 2. The van der Waals surface area contributed by atoms with E-state index in [1.54, 1.807) is 12.1 Å². The Morgan fingerprint density at radius 3 is 2.53 bits per heavy atom. The number of benzene rings is 1. The minimum atomic E-state index is -0.398. The summed E-state index contributed by atoms with van der Waals surface area (Å²) in [6, 6.07) is 6.19. The summed E-state index contributed by atoms with van der Waals surface area (Å²) in [6.45, 7) is 5.86. The molecule has 1 saturated carbocycles. The zero-order valence-corrected chi connectivity index (χ0v) is 23.9. The van der Waals surface area contributed by atoms with E-state index in [0.717, 1.165) is 43.0 Å². The second-order valence-corrected chi connectivity index (χ2v) is 11.7. The number of carbonyl (C=O) groups is 1. The van der Waals surface area contributed by atoms with Gasteiger partial charge in [0.15, 0.2) is 0 Å². The number of amides is 1. The van der Waals surface area contributed by atoms with E-state index in [1.165, 1.54) is 44.2 Å². The van der Waals surface area contributed by atoms with Gasteiger partial charge >= 0.3 is 0 Å². The number of thiocarbonyl (C=S) groups is 1. The van der Waals surface area contributed by atoms with Crippen LogP contribution in [0.5, 0.6) is 0 Å². The van der Waals surface area contributed by atoms with Crippen molar-refractivity contribution in [1.82, 2.24) is 15.5 Å². The summed E-state index contributed by atoms with van der Waals surface area (Å²) >= 11 is 7.59. The lowest BCUT2D eigenvalue weighted by Gasteiger charge is -2.28. The van der Waals surface area contributed by atoms with Gasteiger partial charge in [-0.1, -0.05) is 70.3 Å². The van der Waals surface area contributed by atoms with Gasteiger partial charge < -0.3 is 10.6 Å². The SMILES string of the molecule is CC(C)CCN1CSC[C@H]1C(=O)N[C@H](CCC1CCCCC1)C(=S)NCc1ccc([N+](=O)[O-])cc1.Cl. The number of nitro groups is 1. The molecule has 1 heterocycles. The fourth-order valence-corrected chi connectivity index (χ4v) is 6.31. The van der Waals surface area contributed by atoms with Gasteiger partial charge in [0.25, 0.3) is 5.69 Å². The van der Waals surface area contributed by atoms with Crippen LogP contribution in [-0.4, -0.2) is 51.0 Å². The van der Waals surface area contributed by atoms with E-state index in [0.29, 0.717) is 23.4 Å². The van der Waals surface area contributed by atoms with Crippen molar-refractivity contribution < 1.29 is 9.72 Å². The van der Waals surface area contributed by atoms with Crippen LogP contribution in [0.25, 0.3) is 0 Å². The number of carbonyl (C=O) groups excluding carboxylic acids is 1. The molecule has 1 aromatic carbocycles. The topological polar surface area (TPSA) is 87.5 Å². The van der Waals surface area contributed by atoms with Crippen LogP contribution in [-0.2, 0) is 11.3 Å². The van der Waals surface area contributed by atoms with Crippen molar-refractivity contribution in [1.29, 1.82) is 0 Å². The van der Waals surface area contributed by atoms with E-state index >= 15 is 0 Å². The average Bonchev–Trinajstić information content (AvgIpc) is 3.33. The Bertz CT molecular complexity index is 850. The molecule has 2 aliphatic rings. The molecule has 202 valence electrons. The normalized spacial score (nSPS) is 19.5. The average molecular weight is 557 g/mol. The van der Waals surface area contributed by atoms with E-state index in [9.17, 15) is 14.9 Å². The third-order valence-corrected chi connectivity index (χ3v) is 8.60. The first-order valence-corrected chi connectivity index (χ1v) is 14.5. The lowest BCUT2D eigenvalue weighted by Crippen LogP contribution is -2.52. The smallest absolute Gasteiger partial charge is 0.269 e. The molecule has 36 heavy (non-hydrogen) atoms. The van der Waals surface area contributed by atoms with Crippen LogP contribution >= 0.6 is 36.4 Å². The maximum Gasteiger partial charge on any atom is 0.269 e. The van der Waals surface area contributed by atoms with Gasteiger partial charge in [0.2, 0.25) is 5.91 Å². The van der Waals surface area contributed by atoms with Crippen LogP contribution in [0.1, 0.15) is 70.8 Å². The number of nitro benzene ring substituents is 1. The third-order valence-electron chi connectivity index (χ3n) is 7.11. The summed E-state index contributed by atoms with van der Waals surface area (Å²) in [7, 11) is 0. The quantitative estimate of drug-likeness (QED) is 0.194. The lowest BCUT2D eigenvalue weighted by atomic mass is 9.85. The van der Waals surface area contributed by atoms with Gasteiger partial charge in [-0.15, -0.1) is 24.2 Å². The van der Waals surface area contributed by atoms with Gasteiger partial charge in [0.1, 0.15) is 0 Å². The molecular weight excluding hydrogens is 516 g/mol. The van der Waals surface area contributed by atoms with Crippen LogP contribution in [0.3, 0.4) is 0 Å². The molecule has 1 aromatic rings. The number of halogens is 1. The molecular formula is C26H41ClN4O3S2. The molecule has 3 rings (SSSR count). The van der Waals surface area contributed by atoms with Crippen molar-refractivity contribution >= 4 is 53.0 Å². The molecule has 0 spiro atoms. The highest BCUT2D eigenvalue weighted by atomic mass is 35.5. The predicted octanol–water partition coefficient (Wildman–Crippen LogP) is 5.70. The van der Waals surface area contributed by atoms with Gasteiger partial charge in [-0.3, -0.25) is 19.8 Å². The van der Waals surface area contributed by atoms with Crippen molar-refractivity contribution in [2.45, 2.75) is 83.8 Å². The van der Waals surface area contributed by atoms with Crippen LogP contribution in [0, 0.1) is 22.0 Å². The van der Waals surface area contributed by atoms with E-state index in [2.05, 4.69) is 29.4 Å². The van der Waals surface area contributed by atoms with Gasteiger partial charge in [-0.05, 0) is 36.7 Å². The molecule has 1 aliphatic carbocycles. The molecule has 0 aromatic heterocycles. The van der Waals surface area contributed by atoms with Gasteiger partial charge in [0, 0.05) is 36.9 Å². The van der Waals surface area contributed by atoms with E-state index < -0.39 is 4.92 Å². The van der Waals surface area contributed by atoms with Gasteiger partial charge in [-0.2, -0.15) is 0 Å². The summed E-state index contributed by atoms with van der Waals surface area (Å²) < 4.78 is 0. The number of rotatable bonds is 12. The van der Waals surface area contributed by atoms with Crippen LogP contribution in [0.15, 0.2) is 24.3 Å². The molecule has 2 N–H and O–H groups in total. The second-order valence-electron chi connectivity index (χ2n) is 10.3. The van der Waals surface area contributed by atoms with Crippen molar-refractivity contribution in [2.75, 3.05) is 18.2 Å². The van der Waals surface area contributed by atoms with Crippen molar-refractivity contribution in [3.8, 4) is 0 Å². The van der Waals surface area contributed by atoms with E-state index in [-0.39, 0.29) is 36.1 Å². The van der Waals surface area contributed by atoms with Crippen LogP contribution < -0.4 is 10.6 Å². The van der Waals surface area contributed by atoms with Crippen LogP contribution in [0.4, 0.5) is 5.69 Å². The van der Waals surface area contributed by atoms with Crippen molar-refractivity contribution in [2.24, 2.45) is 11.8 Å². The van der Waals surface area contributed by atoms with E-state index in [1.807, 2.05) is 11.8 Å². The van der Waals surface area contributed by atoms with Crippen molar-refractivity contribution in [3.05, 3.63) is 39.9 Å². The first-order chi connectivity index (χ1) is 16.8. The summed E-state index contributed by atoms with van der Waals surface area (Å²) in [5.74, 6) is 3.13. The summed E-state index contributed by atoms with van der Waals surface area (Å²) in [4.78, 5) is 26.8. The molecule has 10 heteroatoms. The fraction of sp³-hybridized carbons (Fsp3) is 0.692. The Kier molecular flexibility index (Phi) is 13.5. The molecule has 0 bridgehead atoms. The van der Waals surface area contributed by atoms with E-state index in [4.69, 9.17) is 12.2 Å². The molecule has 7 nitrogen and oxygen atoms in total. The Morgan fingerprint density at radius 2 is 1.89 bits per heavy atom. The molecule has 1 saturated heterocycles. The Labute approximate surface area is 231 Å². The lowest BCUT2D eigenvalue weighted by molar-refractivity contribution is -0.384. The summed E-state index contributed by atoms with van der Waals surface area (Å²) in [5, 5.41) is 17.5. The monoisotopic (exact) mass is 556 g/mol. The fourth-order valence-electron chi connectivity index (χ4n) is 4.83. The zero-order chi connectivity index (χ0) is 25.2. The number of hydrogen-bond acceptors (Lipinski definition) is 6.